The van der Waals surface area contributed by atoms with Crippen LogP contribution in [0.4, 0.5) is 4.39 Å². The second-order valence-electron chi connectivity index (χ2n) is 4.44. The first-order valence-corrected chi connectivity index (χ1v) is 5.88. The molecule has 1 saturated heterocycles. The van der Waals surface area contributed by atoms with Gasteiger partial charge in [0.25, 0.3) is 0 Å². The molecule has 3 nitrogen and oxygen atoms in total. The molecule has 1 aliphatic heterocycles. The second-order valence-corrected chi connectivity index (χ2v) is 4.44. The summed E-state index contributed by atoms with van der Waals surface area (Å²) in [5, 5.41) is 12.3. The predicted molar refractivity (Wildman–Crippen MR) is 62.3 cm³/mol. The van der Waals surface area contributed by atoms with Crippen molar-refractivity contribution in [2.45, 2.75) is 25.3 Å². The van der Waals surface area contributed by atoms with Crippen LogP contribution in [0.2, 0.25) is 0 Å². The quantitative estimate of drug-likeness (QED) is 0.843. The molecule has 0 amide bonds. The lowest BCUT2D eigenvalue weighted by Crippen LogP contribution is -2.46. The minimum absolute atomic E-state index is 0.168. The SMILES string of the molecule is O=C(O)C1CCCNC1Cc1ccccc1F. The highest BCUT2D eigenvalue weighted by Gasteiger charge is 2.30. The normalized spacial score (nSPS) is 24.5. The van der Waals surface area contributed by atoms with E-state index < -0.39 is 11.9 Å². The first-order chi connectivity index (χ1) is 8.18. The second kappa shape index (κ2) is 5.27. The van der Waals surface area contributed by atoms with Crippen molar-refractivity contribution < 1.29 is 14.3 Å². The minimum Gasteiger partial charge on any atom is -0.481 e. The summed E-state index contributed by atoms with van der Waals surface area (Å²) in [5.74, 6) is -1.47. The Hall–Kier alpha value is -1.42. The summed E-state index contributed by atoms with van der Waals surface area (Å²) in [6, 6.07) is 6.37. The van der Waals surface area contributed by atoms with Gasteiger partial charge in [0.15, 0.2) is 0 Å². The molecule has 0 saturated carbocycles. The summed E-state index contributed by atoms with van der Waals surface area (Å²) in [6.07, 6.45) is 1.97. The molecule has 1 aliphatic rings. The van der Waals surface area contributed by atoms with Crippen LogP contribution >= 0.6 is 0 Å². The number of aliphatic carboxylic acids is 1. The van der Waals surface area contributed by atoms with E-state index in [1.165, 1.54) is 6.07 Å². The van der Waals surface area contributed by atoms with Crippen LogP contribution in [0, 0.1) is 11.7 Å². The number of rotatable bonds is 3. The van der Waals surface area contributed by atoms with Gasteiger partial charge in [0.05, 0.1) is 5.92 Å². The first kappa shape index (κ1) is 12.0. The molecule has 2 N–H and O–H groups in total. The van der Waals surface area contributed by atoms with Gasteiger partial charge < -0.3 is 10.4 Å². The Kier molecular flexibility index (Phi) is 3.74. The molecule has 2 unspecified atom stereocenters. The average molecular weight is 237 g/mol. The van der Waals surface area contributed by atoms with E-state index in [0.717, 1.165) is 13.0 Å². The molecular weight excluding hydrogens is 221 g/mol. The zero-order valence-corrected chi connectivity index (χ0v) is 9.53. The molecule has 92 valence electrons. The van der Waals surface area contributed by atoms with E-state index in [0.29, 0.717) is 18.4 Å². The van der Waals surface area contributed by atoms with Crippen LogP contribution in [0.1, 0.15) is 18.4 Å². The van der Waals surface area contributed by atoms with Crippen molar-refractivity contribution in [2.24, 2.45) is 5.92 Å². The van der Waals surface area contributed by atoms with Gasteiger partial charge in [-0.3, -0.25) is 4.79 Å². The van der Waals surface area contributed by atoms with Crippen LogP contribution in [0.15, 0.2) is 24.3 Å². The Morgan fingerprint density at radius 1 is 1.47 bits per heavy atom. The van der Waals surface area contributed by atoms with Crippen LogP contribution in [-0.2, 0) is 11.2 Å². The number of hydrogen-bond acceptors (Lipinski definition) is 2. The van der Waals surface area contributed by atoms with Crippen LogP contribution < -0.4 is 5.32 Å². The number of benzene rings is 1. The maximum absolute atomic E-state index is 13.5. The Balaban J connectivity index is 2.11. The van der Waals surface area contributed by atoms with Crippen LogP contribution in [0.25, 0.3) is 0 Å². The minimum atomic E-state index is -0.793. The molecule has 1 fully saturated rings. The highest BCUT2D eigenvalue weighted by molar-refractivity contribution is 5.71. The van der Waals surface area contributed by atoms with Crippen molar-refractivity contribution in [1.82, 2.24) is 5.32 Å². The Labute approximate surface area is 99.7 Å². The van der Waals surface area contributed by atoms with Crippen molar-refractivity contribution >= 4 is 5.97 Å². The van der Waals surface area contributed by atoms with Crippen LogP contribution in [-0.4, -0.2) is 23.7 Å². The third-order valence-electron chi connectivity index (χ3n) is 3.30. The van der Waals surface area contributed by atoms with E-state index in [-0.39, 0.29) is 11.9 Å². The summed E-state index contributed by atoms with van der Waals surface area (Å²) in [4.78, 5) is 11.1. The fourth-order valence-corrected chi connectivity index (χ4v) is 2.36. The summed E-state index contributed by atoms with van der Waals surface area (Å²) in [7, 11) is 0. The number of carboxylic acids is 1. The van der Waals surface area contributed by atoms with Gasteiger partial charge in [-0.15, -0.1) is 0 Å². The van der Waals surface area contributed by atoms with Gasteiger partial charge in [-0.25, -0.2) is 4.39 Å². The Morgan fingerprint density at radius 3 is 2.94 bits per heavy atom. The Bertz CT molecular complexity index is 408. The summed E-state index contributed by atoms with van der Waals surface area (Å²) < 4.78 is 13.5. The molecule has 0 bridgehead atoms. The molecular formula is C13H16FNO2. The van der Waals surface area contributed by atoms with Gasteiger partial charge in [0, 0.05) is 6.04 Å². The van der Waals surface area contributed by atoms with Crippen molar-refractivity contribution in [1.29, 1.82) is 0 Å². The lowest BCUT2D eigenvalue weighted by Gasteiger charge is -2.30. The van der Waals surface area contributed by atoms with Gasteiger partial charge in [0.1, 0.15) is 5.82 Å². The van der Waals surface area contributed by atoms with E-state index >= 15 is 0 Å². The molecule has 0 aromatic heterocycles. The molecule has 1 aromatic rings. The number of hydrogen-bond donors (Lipinski definition) is 2. The first-order valence-electron chi connectivity index (χ1n) is 5.88. The molecule has 0 radical (unpaired) electrons. The maximum Gasteiger partial charge on any atom is 0.308 e. The zero-order chi connectivity index (χ0) is 12.3. The lowest BCUT2D eigenvalue weighted by atomic mass is 9.87. The summed E-state index contributed by atoms with van der Waals surface area (Å²) in [5.41, 5.74) is 0.582. The van der Waals surface area contributed by atoms with Gasteiger partial charge in [-0.05, 0) is 37.4 Å². The van der Waals surface area contributed by atoms with Crippen LogP contribution in [0.5, 0.6) is 0 Å². The Morgan fingerprint density at radius 2 is 2.24 bits per heavy atom. The van der Waals surface area contributed by atoms with E-state index in [1.807, 2.05) is 0 Å². The molecule has 17 heavy (non-hydrogen) atoms. The van der Waals surface area contributed by atoms with Crippen molar-refractivity contribution in [3.63, 3.8) is 0 Å². The lowest BCUT2D eigenvalue weighted by molar-refractivity contribution is -0.143. The number of nitrogens with one attached hydrogen (secondary N) is 1. The monoisotopic (exact) mass is 237 g/mol. The molecule has 1 aromatic carbocycles. The number of halogens is 1. The smallest absolute Gasteiger partial charge is 0.308 e. The van der Waals surface area contributed by atoms with Crippen molar-refractivity contribution in [3.05, 3.63) is 35.6 Å². The molecule has 4 heteroatoms. The number of carboxylic acid groups (broad SMARTS) is 1. The van der Waals surface area contributed by atoms with Crippen molar-refractivity contribution in [3.8, 4) is 0 Å². The van der Waals surface area contributed by atoms with E-state index in [2.05, 4.69) is 5.32 Å². The average Bonchev–Trinajstić information content (AvgIpc) is 2.32. The van der Waals surface area contributed by atoms with Gasteiger partial charge in [-0.1, -0.05) is 18.2 Å². The largest absolute Gasteiger partial charge is 0.481 e. The maximum atomic E-state index is 13.5. The van der Waals surface area contributed by atoms with E-state index in [1.54, 1.807) is 18.2 Å². The van der Waals surface area contributed by atoms with E-state index in [9.17, 15) is 9.18 Å². The molecule has 0 spiro atoms. The third kappa shape index (κ3) is 2.82. The summed E-state index contributed by atoms with van der Waals surface area (Å²) >= 11 is 0. The standard InChI is InChI=1S/C13H16FNO2/c14-11-6-2-1-4-9(11)8-12-10(13(16)17)5-3-7-15-12/h1-2,4,6,10,12,15H,3,5,7-8H2,(H,16,17). The van der Waals surface area contributed by atoms with Gasteiger partial charge in [0.2, 0.25) is 0 Å². The number of piperidine rings is 1. The zero-order valence-electron chi connectivity index (χ0n) is 9.53. The van der Waals surface area contributed by atoms with E-state index in [4.69, 9.17) is 5.11 Å². The van der Waals surface area contributed by atoms with Crippen LogP contribution in [0.3, 0.4) is 0 Å². The van der Waals surface area contributed by atoms with Gasteiger partial charge >= 0.3 is 5.97 Å². The fourth-order valence-electron chi connectivity index (χ4n) is 2.36. The number of carbonyl (C=O) groups is 1. The van der Waals surface area contributed by atoms with Crippen molar-refractivity contribution in [2.75, 3.05) is 6.54 Å². The highest BCUT2D eigenvalue weighted by atomic mass is 19.1. The predicted octanol–water partition coefficient (Wildman–Crippen LogP) is 1.82. The topological polar surface area (TPSA) is 49.3 Å². The highest BCUT2D eigenvalue weighted by Crippen LogP contribution is 2.21. The summed E-state index contributed by atoms with van der Waals surface area (Å²) in [6.45, 7) is 0.808. The fraction of sp³-hybridized carbons (Fsp3) is 0.462. The molecule has 2 rings (SSSR count). The third-order valence-corrected chi connectivity index (χ3v) is 3.30. The molecule has 2 atom stereocenters. The van der Waals surface area contributed by atoms with Gasteiger partial charge in [-0.2, -0.15) is 0 Å². The molecule has 1 heterocycles. The molecule has 0 aliphatic carbocycles.